The smallest absolute Gasteiger partial charge is 0.266 e. The van der Waals surface area contributed by atoms with E-state index in [1.165, 1.54) is 11.1 Å². The number of nitrogens with zero attached hydrogens (tertiary/aromatic N) is 4. The molecule has 0 N–H and O–H groups in total. The highest BCUT2D eigenvalue weighted by Gasteiger charge is 2.27. The summed E-state index contributed by atoms with van der Waals surface area (Å²) in [4.78, 5) is 19.7. The zero-order valence-corrected chi connectivity index (χ0v) is 21.1. The second-order valence-electron chi connectivity index (χ2n) is 9.46. The molecule has 3 aromatic carbocycles. The van der Waals surface area contributed by atoms with Crippen LogP contribution in [0.25, 0.3) is 0 Å². The number of hydrogen-bond acceptors (Lipinski definition) is 4. The second-order valence-corrected chi connectivity index (χ2v) is 9.46. The Kier molecular flexibility index (Phi) is 8.54. The van der Waals surface area contributed by atoms with Crippen LogP contribution in [0.15, 0.2) is 103 Å². The fourth-order valence-electron chi connectivity index (χ4n) is 4.75. The van der Waals surface area contributed by atoms with Crippen LogP contribution in [0.1, 0.15) is 36.6 Å². The molecule has 1 heterocycles. The molecule has 1 fully saturated rings. The van der Waals surface area contributed by atoms with Crippen LogP contribution in [0.2, 0.25) is 0 Å². The van der Waals surface area contributed by atoms with Gasteiger partial charge in [0.15, 0.2) is 0 Å². The Hall–Kier alpha value is -3.88. The van der Waals surface area contributed by atoms with E-state index in [-0.39, 0.29) is 23.6 Å². The van der Waals surface area contributed by atoms with E-state index in [4.69, 9.17) is 0 Å². The molecule has 0 radical (unpaired) electrons. The molecular formula is C31H34N4O. The van der Waals surface area contributed by atoms with E-state index in [0.29, 0.717) is 6.54 Å². The molecule has 0 saturated carbocycles. The van der Waals surface area contributed by atoms with E-state index in [1.54, 1.807) is 11.1 Å². The van der Waals surface area contributed by atoms with Gasteiger partial charge in [0.05, 0.1) is 6.04 Å². The fourth-order valence-corrected chi connectivity index (χ4v) is 4.75. The lowest BCUT2D eigenvalue weighted by molar-refractivity contribution is -0.129. The average molecular weight is 479 g/mol. The van der Waals surface area contributed by atoms with Gasteiger partial charge in [-0.15, -0.1) is 0 Å². The predicted molar refractivity (Wildman–Crippen MR) is 144 cm³/mol. The average Bonchev–Trinajstić information content (AvgIpc) is 2.92. The Morgan fingerprint density at radius 2 is 1.36 bits per heavy atom. The van der Waals surface area contributed by atoms with E-state index in [2.05, 4.69) is 64.4 Å². The summed E-state index contributed by atoms with van der Waals surface area (Å²) in [5, 5.41) is 9.86. The molecule has 1 aliphatic heterocycles. The first kappa shape index (κ1) is 25.2. The lowest BCUT2D eigenvalue weighted by atomic mass is 9.96. The third-order valence-corrected chi connectivity index (χ3v) is 6.69. The quantitative estimate of drug-likeness (QED) is 0.328. The van der Waals surface area contributed by atoms with Gasteiger partial charge in [-0.05, 0) is 30.5 Å². The number of amides is 1. The first-order valence-electron chi connectivity index (χ1n) is 12.6. The summed E-state index contributed by atoms with van der Waals surface area (Å²) in [5.74, 6) is -0.217. The first-order chi connectivity index (χ1) is 17.6. The lowest BCUT2D eigenvalue weighted by Crippen LogP contribution is -2.46. The third kappa shape index (κ3) is 6.21. The molecular weight excluding hydrogens is 444 g/mol. The summed E-state index contributed by atoms with van der Waals surface area (Å²) >= 11 is 0. The van der Waals surface area contributed by atoms with E-state index < -0.39 is 0 Å². The van der Waals surface area contributed by atoms with Gasteiger partial charge in [-0.1, -0.05) is 91.0 Å². The van der Waals surface area contributed by atoms with Crippen molar-refractivity contribution in [1.29, 1.82) is 5.26 Å². The summed E-state index contributed by atoms with van der Waals surface area (Å²) < 4.78 is 0. The Labute approximate surface area is 214 Å². The monoisotopic (exact) mass is 478 g/mol. The third-order valence-electron chi connectivity index (χ3n) is 6.69. The van der Waals surface area contributed by atoms with Crippen molar-refractivity contribution in [1.82, 2.24) is 14.7 Å². The van der Waals surface area contributed by atoms with Gasteiger partial charge in [-0.25, -0.2) is 0 Å². The standard InChI is InChI=1S/C31H34N4O/c1-25(2)35(23-26-12-6-3-7-13-26)31(36)29(22-32)24-33-18-20-34(21-19-33)30(27-14-8-4-9-15-27)28-16-10-5-11-17-28/h3-17,24-25,30H,18-21,23H2,1-2H3/b29-24-. The zero-order valence-electron chi connectivity index (χ0n) is 21.1. The molecule has 0 aromatic heterocycles. The predicted octanol–water partition coefficient (Wildman–Crippen LogP) is 5.24. The van der Waals surface area contributed by atoms with Gasteiger partial charge in [0, 0.05) is 45.0 Å². The van der Waals surface area contributed by atoms with Crippen molar-refractivity contribution in [3.05, 3.63) is 119 Å². The number of carbonyl (C=O) groups excluding carboxylic acids is 1. The van der Waals surface area contributed by atoms with Crippen molar-refractivity contribution in [3.63, 3.8) is 0 Å². The van der Waals surface area contributed by atoms with Gasteiger partial charge in [0.1, 0.15) is 11.6 Å². The molecule has 0 aliphatic carbocycles. The van der Waals surface area contributed by atoms with Crippen LogP contribution in [0, 0.1) is 11.3 Å². The van der Waals surface area contributed by atoms with Crippen molar-refractivity contribution >= 4 is 5.91 Å². The summed E-state index contributed by atoms with van der Waals surface area (Å²) in [6, 6.07) is 33.4. The SMILES string of the molecule is CC(C)N(Cc1ccccc1)C(=O)/C(C#N)=C\N1CCN(C(c2ccccc2)c2ccccc2)CC1. The maximum atomic E-state index is 13.3. The number of benzene rings is 3. The summed E-state index contributed by atoms with van der Waals surface area (Å²) in [5.41, 5.74) is 3.79. The van der Waals surface area contributed by atoms with E-state index in [0.717, 1.165) is 31.7 Å². The maximum Gasteiger partial charge on any atom is 0.266 e. The van der Waals surface area contributed by atoms with Crippen molar-refractivity contribution in [2.45, 2.75) is 32.5 Å². The van der Waals surface area contributed by atoms with Gasteiger partial charge >= 0.3 is 0 Å². The van der Waals surface area contributed by atoms with Crippen LogP contribution in [-0.4, -0.2) is 52.8 Å². The van der Waals surface area contributed by atoms with Crippen LogP contribution in [0.4, 0.5) is 0 Å². The first-order valence-corrected chi connectivity index (χ1v) is 12.6. The Bertz CT molecular complexity index is 1140. The van der Waals surface area contributed by atoms with Gasteiger partial charge < -0.3 is 9.80 Å². The minimum Gasteiger partial charge on any atom is -0.374 e. The van der Waals surface area contributed by atoms with E-state index in [9.17, 15) is 10.1 Å². The fraction of sp³-hybridized carbons (Fsp3) is 0.290. The van der Waals surface area contributed by atoms with Crippen LogP contribution in [0.5, 0.6) is 0 Å². The molecule has 1 aliphatic rings. The normalized spacial score (nSPS) is 14.6. The molecule has 0 atom stereocenters. The van der Waals surface area contributed by atoms with Crippen molar-refractivity contribution in [2.24, 2.45) is 0 Å². The number of rotatable bonds is 8. The van der Waals surface area contributed by atoms with E-state index >= 15 is 0 Å². The summed E-state index contributed by atoms with van der Waals surface area (Å²) in [6.45, 7) is 7.67. The Morgan fingerprint density at radius 3 is 1.83 bits per heavy atom. The molecule has 5 heteroatoms. The number of piperazine rings is 1. The van der Waals surface area contributed by atoms with Gasteiger partial charge in [-0.2, -0.15) is 5.26 Å². The van der Waals surface area contributed by atoms with Crippen LogP contribution in [-0.2, 0) is 11.3 Å². The number of hydrogen-bond donors (Lipinski definition) is 0. The molecule has 1 saturated heterocycles. The molecule has 184 valence electrons. The molecule has 5 nitrogen and oxygen atoms in total. The van der Waals surface area contributed by atoms with Gasteiger partial charge in [0.2, 0.25) is 0 Å². The van der Waals surface area contributed by atoms with Crippen molar-refractivity contribution in [2.75, 3.05) is 26.2 Å². The Morgan fingerprint density at radius 1 is 0.861 bits per heavy atom. The van der Waals surface area contributed by atoms with Crippen LogP contribution >= 0.6 is 0 Å². The maximum absolute atomic E-state index is 13.3. The second kappa shape index (κ2) is 12.2. The topological polar surface area (TPSA) is 50.6 Å². The van der Waals surface area contributed by atoms with Crippen LogP contribution in [0.3, 0.4) is 0 Å². The molecule has 0 bridgehead atoms. The molecule has 1 amide bonds. The highest BCUT2D eigenvalue weighted by molar-refractivity contribution is 5.97. The zero-order chi connectivity index (χ0) is 25.3. The van der Waals surface area contributed by atoms with Gasteiger partial charge in [-0.3, -0.25) is 9.69 Å². The number of carbonyl (C=O) groups is 1. The molecule has 4 rings (SSSR count). The van der Waals surface area contributed by atoms with Gasteiger partial charge in [0.25, 0.3) is 5.91 Å². The number of nitriles is 1. The molecule has 0 spiro atoms. The van der Waals surface area contributed by atoms with Crippen molar-refractivity contribution < 1.29 is 4.79 Å². The molecule has 3 aromatic rings. The minimum absolute atomic E-state index is 0.0104. The van der Waals surface area contributed by atoms with Crippen LogP contribution < -0.4 is 0 Å². The van der Waals surface area contributed by atoms with E-state index in [1.807, 2.05) is 56.3 Å². The molecule has 36 heavy (non-hydrogen) atoms. The van der Waals surface area contributed by atoms with Crippen molar-refractivity contribution in [3.8, 4) is 6.07 Å². The molecule has 0 unspecified atom stereocenters. The highest BCUT2D eigenvalue weighted by Crippen LogP contribution is 2.29. The minimum atomic E-state index is -0.217. The summed E-state index contributed by atoms with van der Waals surface area (Å²) in [6.07, 6.45) is 1.76. The highest BCUT2D eigenvalue weighted by atomic mass is 16.2. The largest absolute Gasteiger partial charge is 0.374 e. The summed E-state index contributed by atoms with van der Waals surface area (Å²) in [7, 11) is 0. The lowest BCUT2D eigenvalue weighted by Gasteiger charge is -2.39. The Balaban J connectivity index is 1.47.